The topological polar surface area (TPSA) is 26.3 Å². The van der Waals surface area contributed by atoms with Crippen molar-refractivity contribution >= 4 is 5.78 Å². The summed E-state index contributed by atoms with van der Waals surface area (Å²) in [5, 5.41) is 0. The highest BCUT2D eigenvalue weighted by atomic mass is 16.5. The lowest BCUT2D eigenvalue weighted by Gasteiger charge is -2.09. The monoisotopic (exact) mass is 238 g/mol. The van der Waals surface area contributed by atoms with Gasteiger partial charge in [0, 0.05) is 6.42 Å². The van der Waals surface area contributed by atoms with E-state index >= 15 is 0 Å². The van der Waals surface area contributed by atoms with Crippen LogP contribution in [0.1, 0.15) is 52.9 Å². The normalized spacial score (nSPS) is 13.2. The lowest BCUT2D eigenvalue weighted by atomic mass is 9.97. The second-order valence-corrected chi connectivity index (χ2v) is 4.80. The Hall–Kier alpha value is -1.05. The zero-order valence-corrected chi connectivity index (χ0v) is 11.5. The Morgan fingerprint density at radius 3 is 2.65 bits per heavy atom. The van der Waals surface area contributed by atoms with Gasteiger partial charge in [-0.3, -0.25) is 0 Å². The number of allylic oxidation sites excluding steroid dienone is 1. The Bertz CT molecular complexity index is 254. The minimum atomic E-state index is 0.300. The molecule has 0 aliphatic carbocycles. The van der Waals surface area contributed by atoms with Crippen molar-refractivity contribution in [2.45, 2.75) is 52.9 Å². The standard InChI is InChI=1S/C15H26O2/c1-5-17-12-14(3)10-6-8-13(2)9-7-11-15(4)16/h5,10,13H,1,6-9,11-12H2,2-4H3/b14-10+/t13-/m0/s1. The van der Waals surface area contributed by atoms with E-state index in [0.717, 1.165) is 25.7 Å². The van der Waals surface area contributed by atoms with E-state index in [9.17, 15) is 4.79 Å². The van der Waals surface area contributed by atoms with E-state index in [1.54, 1.807) is 6.92 Å². The zero-order chi connectivity index (χ0) is 13.1. The van der Waals surface area contributed by atoms with Gasteiger partial charge in [-0.05, 0) is 44.6 Å². The third-order valence-corrected chi connectivity index (χ3v) is 2.81. The minimum absolute atomic E-state index is 0.300. The summed E-state index contributed by atoms with van der Waals surface area (Å²) in [6.45, 7) is 10.1. The molecule has 0 rings (SSSR count). The van der Waals surface area contributed by atoms with E-state index in [1.165, 1.54) is 18.3 Å². The van der Waals surface area contributed by atoms with Gasteiger partial charge in [-0.25, -0.2) is 0 Å². The first-order valence-corrected chi connectivity index (χ1v) is 6.43. The molecule has 0 saturated carbocycles. The Labute approximate surface area is 106 Å². The lowest BCUT2D eigenvalue weighted by Crippen LogP contribution is -1.97. The van der Waals surface area contributed by atoms with Gasteiger partial charge in [-0.1, -0.05) is 26.0 Å². The first-order valence-electron chi connectivity index (χ1n) is 6.43. The molecule has 98 valence electrons. The molecule has 0 saturated heterocycles. The van der Waals surface area contributed by atoms with E-state index in [1.807, 2.05) is 0 Å². The molecule has 0 aromatic carbocycles. The van der Waals surface area contributed by atoms with Gasteiger partial charge >= 0.3 is 0 Å². The van der Waals surface area contributed by atoms with E-state index in [0.29, 0.717) is 18.3 Å². The molecule has 17 heavy (non-hydrogen) atoms. The predicted molar refractivity (Wildman–Crippen MR) is 72.8 cm³/mol. The van der Waals surface area contributed by atoms with Crippen molar-refractivity contribution in [1.82, 2.24) is 0 Å². The molecule has 2 nitrogen and oxygen atoms in total. The number of ketones is 1. The average molecular weight is 238 g/mol. The summed E-state index contributed by atoms with van der Waals surface area (Å²) in [4.78, 5) is 10.8. The third-order valence-electron chi connectivity index (χ3n) is 2.81. The smallest absolute Gasteiger partial charge is 0.129 e. The average Bonchev–Trinajstić information content (AvgIpc) is 2.25. The van der Waals surface area contributed by atoms with Crippen LogP contribution < -0.4 is 0 Å². The second kappa shape index (κ2) is 10.1. The summed E-state index contributed by atoms with van der Waals surface area (Å²) in [7, 11) is 0. The van der Waals surface area contributed by atoms with Crippen LogP contribution in [0.3, 0.4) is 0 Å². The molecular weight excluding hydrogens is 212 g/mol. The van der Waals surface area contributed by atoms with Crippen LogP contribution in [-0.2, 0) is 9.53 Å². The van der Waals surface area contributed by atoms with Crippen LogP contribution >= 0.6 is 0 Å². The van der Waals surface area contributed by atoms with E-state index in [2.05, 4.69) is 26.5 Å². The molecule has 0 heterocycles. The Morgan fingerprint density at radius 2 is 2.06 bits per heavy atom. The molecule has 0 spiro atoms. The van der Waals surface area contributed by atoms with Gasteiger partial charge in [0.25, 0.3) is 0 Å². The molecule has 2 heteroatoms. The van der Waals surface area contributed by atoms with Gasteiger partial charge in [-0.2, -0.15) is 0 Å². The third kappa shape index (κ3) is 11.2. The van der Waals surface area contributed by atoms with E-state index in [4.69, 9.17) is 4.74 Å². The molecule has 0 radical (unpaired) electrons. The summed E-state index contributed by atoms with van der Waals surface area (Å²) in [5.74, 6) is 0.994. The highest BCUT2D eigenvalue weighted by Crippen LogP contribution is 2.15. The number of Topliss-reactive ketones (excluding diaryl/α,β-unsaturated/α-hetero) is 1. The van der Waals surface area contributed by atoms with Crippen LogP contribution in [0.15, 0.2) is 24.5 Å². The molecule has 0 aliphatic heterocycles. The van der Waals surface area contributed by atoms with Gasteiger partial charge in [-0.15, -0.1) is 0 Å². The van der Waals surface area contributed by atoms with Gasteiger partial charge in [0.15, 0.2) is 0 Å². The maximum Gasteiger partial charge on any atom is 0.129 e. The number of carbonyl (C=O) groups is 1. The predicted octanol–water partition coefficient (Wildman–Crippen LogP) is 4.27. The number of ether oxygens (including phenoxy) is 1. The van der Waals surface area contributed by atoms with Crippen LogP contribution in [0, 0.1) is 5.92 Å². The van der Waals surface area contributed by atoms with Gasteiger partial charge in [0.2, 0.25) is 0 Å². The molecule has 0 amide bonds. The largest absolute Gasteiger partial charge is 0.497 e. The van der Waals surface area contributed by atoms with Gasteiger partial charge in [0.1, 0.15) is 12.4 Å². The molecule has 0 N–H and O–H groups in total. The Kier molecular flexibility index (Phi) is 9.50. The molecule has 0 aromatic rings. The van der Waals surface area contributed by atoms with Crippen LogP contribution in [-0.4, -0.2) is 12.4 Å². The Morgan fingerprint density at radius 1 is 1.35 bits per heavy atom. The quantitative estimate of drug-likeness (QED) is 0.419. The first kappa shape index (κ1) is 16.0. The summed E-state index contributed by atoms with van der Waals surface area (Å²) >= 11 is 0. The maximum atomic E-state index is 10.8. The number of hydrogen-bond donors (Lipinski definition) is 0. The van der Waals surface area contributed by atoms with Crippen LogP contribution in [0.5, 0.6) is 0 Å². The van der Waals surface area contributed by atoms with Crippen LogP contribution in [0.2, 0.25) is 0 Å². The van der Waals surface area contributed by atoms with Crippen molar-refractivity contribution in [3.05, 3.63) is 24.5 Å². The van der Waals surface area contributed by atoms with Crippen molar-refractivity contribution in [1.29, 1.82) is 0 Å². The molecular formula is C15H26O2. The van der Waals surface area contributed by atoms with Crippen LogP contribution in [0.25, 0.3) is 0 Å². The second-order valence-electron chi connectivity index (χ2n) is 4.80. The Balaban J connectivity index is 3.58. The number of hydrogen-bond acceptors (Lipinski definition) is 2. The highest BCUT2D eigenvalue weighted by molar-refractivity contribution is 5.75. The van der Waals surface area contributed by atoms with Crippen molar-refractivity contribution in [3.8, 4) is 0 Å². The zero-order valence-electron chi connectivity index (χ0n) is 11.5. The fraction of sp³-hybridized carbons (Fsp3) is 0.667. The van der Waals surface area contributed by atoms with Crippen molar-refractivity contribution in [2.24, 2.45) is 5.92 Å². The van der Waals surface area contributed by atoms with Crippen molar-refractivity contribution in [2.75, 3.05) is 6.61 Å². The van der Waals surface area contributed by atoms with Crippen molar-refractivity contribution < 1.29 is 9.53 Å². The summed E-state index contributed by atoms with van der Waals surface area (Å²) < 4.78 is 5.10. The summed E-state index contributed by atoms with van der Waals surface area (Å²) in [5.41, 5.74) is 1.25. The van der Waals surface area contributed by atoms with Crippen molar-refractivity contribution in [3.63, 3.8) is 0 Å². The highest BCUT2D eigenvalue weighted by Gasteiger charge is 2.02. The fourth-order valence-electron chi connectivity index (χ4n) is 1.71. The lowest BCUT2D eigenvalue weighted by molar-refractivity contribution is -0.117. The molecule has 0 fully saturated rings. The maximum absolute atomic E-state index is 10.8. The molecule has 1 atom stereocenters. The SMILES string of the molecule is C=COC/C(C)=C/CC[C@H](C)CCCC(C)=O. The summed E-state index contributed by atoms with van der Waals surface area (Å²) in [6, 6.07) is 0. The summed E-state index contributed by atoms with van der Waals surface area (Å²) in [6.07, 6.45) is 8.88. The van der Waals surface area contributed by atoms with E-state index in [-0.39, 0.29) is 0 Å². The van der Waals surface area contributed by atoms with Gasteiger partial charge < -0.3 is 9.53 Å². The first-order chi connectivity index (χ1) is 8.06. The fourth-order valence-corrected chi connectivity index (χ4v) is 1.71. The minimum Gasteiger partial charge on any atom is -0.497 e. The molecule has 0 aliphatic rings. The van der Waals surface area contributed by atoms with E-state index < -0.39 is 0 Å². The number of carbonyl (C=O) groups excluding carboxylic acids is 1. The molecule has 0 aromatic heterocycles. The number of rotatable bonds is 10. The van der Waals surface area contributed by atoms with Gasteiger partial charge in [0.05, 0.1) is 6.26 Å². The molecule has 0 unspecified atom stereocenters. The van der Waals surface area contributed by atoms with Crippen LogP contribution in [0.4, 0.5) is 0 Å². The molecule has 0 bridgehead atoms.